The molecule has 0 bridgehead atoms. The quantitative estimate of drug-likeness (QED) is 0.649. The molecule has 0 aliphatic carbocycles. The lowest BCUT2D eigenvalue weighted by Crippen LogP contribution is -2.30. The van der Waals surface area contributed by atoms with Crippen LogP contribution in [-0.2, 0) is 11.2 Å². The van der Waals surface area contributed by atoms with Gasteiger partial charge in [-0.25, -0.2) is 9.59 Å². The zero-order valence-corrected chi connectivity index (χ0v) is 16.4. The second-order valence-corrected chi connectivity index (χ2v) is 7.28. The van der Waals surface area contributed by atoms with E-state index >= 15 is 0 Å². The highest BCUT2D eigenvalue weighted by Gasteiger charge is 2.22. The molecule has 0 unspecified atom stereocenters. The van der Waals surface area contributed by atoms with E-state index in [1.165, 1.54) is 16.8 Å². The van der Waals surface area contributed by atoms with Gasteiger partial charge in [-0.15, -0.1) is 5.10 Å². The summed E-state index contributed by atoms with van der Waals surface area (Å²) in [6, 6.07) is 2.88. The van der Waals surface area contributed by atoms with Crippen molar-refractivity contribution >= 4 is 23.2 Å². The maximum absolute atomic E-state index is 12.2. The first-order valence-electron chi connectivity index (χ1n) is 8.75. The highest BCUT2D eigenvalue weighted by atomic mass is 35.5. The van der Waals surface area contributed by atoms with Crippen molar-refractivity contribution in [3.8, 4) is 5.69 Å². The summed E-state index contributed by atoms with van der Waals surface area (Å²) in [5.41, 5.74) is -0.581. The van der Waals surface area contributed by atoms with Gasteiger partial charge in [0.25, 0.3) is 5.56 Å². The van der Waals surface area contributed by atoms with Gasteiger partial charge in [-0.05, 0) is 30.5 Å². The fourth-order valence-electron chi connectivity index (χ4n) is 3.13. The highest BCUT2D eigenvalue weighted by molar-refractivity contribution is 6.36. The molecule has 1 aliphatic rings. The summed E-state index contributed by atoms with van der Waals surface area (Å²) < 4.78 is 12.9. The number of aromatic amines is 1. The van der Waals surface area contributed by atoms with E-state index in [0.717, 1.165) is 10.9 Å². The first-order valence-corrected chi connectivity index (χ1v) is 9.51. The lowest BCUT2D eigenvalue weighted by Gasteiger charge is -2.20. The minimum atomic E-state index is -0.724. The Morgan fingerprint density at radius 1 is 1.14 bits per heavy atom. The van der Waals surface area contributed by atoms with Crippen LogP contribution < -0.4 is 17.0 Å². The van der Waals surface area contributed by atoms with Gasteiger partial charge in [-0.3, -0.25) is 9.78 Å². The topological polar surface area (TPSA) is 125 Å². The number of halogens is 2. The molecule has 1 aromatic carbocycles. The number of benzene rings is 1. The van der Waals surface area contributed by atoms with Gasteiger partial charge in [-0.1, -0.05) is 23.2 Å². The molecule has 2 aromatic heterocycles. The van der Waals surface area contributed by atoms with Crippen LogP contribution in [0.15, 0.2) is 37.1 Å². The van der Waals surface area contributed by atoms with Crippen LogP contribution in [0.25, 0.3) is 5.69 Å². The third-order valence-corrected chi connectivity index (χ3v) is 5.23. The molecule has 1 aliphatic heterocycles. The van der Waals surface area contributed by atoms with E-state index in [9.17, 15) is 14.4 Å². The number of H-pyrrole nitrogens is 1. The standard InChI is InChI=1S/C17H15Cl2N5O5/c18-12-5-10(23-16(26)21-14(25)8-20-23)6-13(19)11(12)7-15-22-24(17(27)29-15)9-1-3-28-4-2-9/h5-6,8-9H,1-4,7H2,(H,21,25,26). The fourth-order valence-corrected chi connectivity index (χ4v) is 3.74. The number of nitrogens with zero attached hydrogens (tertiary/aromatic N) is 4. The van der Waals surface area contributed by atoms with Gasteiger partial charge in [0.2, 0.25) is 5.89 Å². The third-order valence-electron chi connectivity index (χ3n) is 4.56. The molecule has 0 amide bonds. The van der Waals surface area contributed by atoms with Crippen molar-refractivity contribution in [2.45, 2.75) is 25.3 Å². The van der Waals surface area contributed by atoms with E-state index in [0.29, 0.717) is 31.6 Å². The number of aromatic nitrogens is 5. The molecule has 1 fully saturated rings. The maximum Gasteiger partial charge on any atom is 0.437 e. The van der Waals surface area contributed by atoms with Crippen LogP contribution in [0.3, 0.4) is 0 Å². The van der Waals surface area contributed by atoms with Crippen LogP contribution in [0, 0.1) is 0 Å². The second-order valence-electron chi connectivity index (χ2n) is 6.47. The van der Waals surface area contributed by atoms with E-state index < -0.39 is 17.0 Å². The van der Waals surface area contributed by atoms with Crippen molar-refractivity contribution in [1.29, 1.82) is 0 Å². The average Bonchev–Trinajstić information content (AvgIpc) is 3.05. The minimum Gasteiger partial charge on any atom is -0.392 e. The van der Waals surface area contributed by atoms with Gasteiger partial charge in [0.1, 0.15) is 6.20 Å². The number of rotatable bonds is 4. The SMILES string of the molecule is O=c1cnn(-c2cc(Cl)c(Cc3nn(C4CCOCC4)c(=O)o3)c(Cl)c2)c(=O)[nH]1. The average molecular weight is 440 g/mol. The maximum atomic E-state index is 12.2. The second kappa shape index (κ2) is 7.97. The third kappa shape index (κ3) is 4.04. The van der Waals surface area contributed by atoms with Crippen LogP contribution in [-0.4, -0.2) is 37.8 Å². The Bertz CT molecular complexity index is 1200. The van der Waals surface area contributed by atoms with E-state index in [1.807, 2.05) is 0 Å². The minimum absolute atomic E-state index is 0.0692. The Hall–Kier alpha value is -2.69. The highest BCUT2D eigenvalue weighted by Crippen LogP contribution is 2.29. The molecule has 12 heteroatoms. The molecule has 0 saturated carbocycles. The van der Waals surface area contributed by atoms with Crippen molar-refractivity contribution in [3.05, 3.63) is 71.2 Å². The number of ether oxygens (including phenoxy) is 1. The molecule has 3 heterocycles. The van der Waals surface area contributed by atoms with Crippen molar-refractivity contribution in [2.75, 3.05) is 13.2 Å². The largest absolute Gasteiger partial charge is 0.437 e. The van der Waals surface area contributed by atoms with Gasteiger partial charge in [-0.2, -0.15) is 14.5 Å². The first-order chi connectivity index (χ1) is 13.9. The van der Waals surface area contributed by atoms with Crippen molar-refractivity contribution in [2.24, 2.45) is 0 Å². The Balaban J connectivity index is 1.64. The van der Waals surface area contributed by atoms with Crippen LogP contribution in [0.2, 0.25) is 10.0 Å². The summed E-state index contributed by atoms with van der Waals surface area (Å²) in [6.07, 6.45) is 2.43. The van der Waals surface area contributed by atoms with Crippen LogP contribution in [0.4, 0.5) is 0 Å². The molecule has 4 rings (SSSR count). The molecule has 1 N–H and O–H groups in total. The van der Waals surface area contributed by atoms with E-state index in [1.54, 1.807) is 0 Å². The molecular weight excluding hydrogens is 425 g/mol. The van der Waals surface area contributed by atoms with E-state index in [2.05, 4.69) is 15.2 Å². The van der Waals surface area contributed by atoms with Crippen molar-refractivity contribution in [3.63, 3.8) is 0 Å². The zero-order valence-electron chi connectivity index (χ0n) is 14.9. The normalized spacial score (nSPS) is 15.0. The Morgan fingerprint density at radius 2 is 1.83 bits per heavy atom. The lowest BCUT2D eigenvalue weighted by molar-refractivity contribution is 0.0644. The summed E-state index contributed by atoms with van der Waals surface area (Å²) in [5, 5.41) is 8.50. The number of hydrogen-bond acceptors (Lipinski definition) is 7. The summed E-state index contributed by atoms with van der Waals surface area (Å²) in [4.78, 5) is 37.3. The van der Waals surface area contributed by atoms with E-state index in [-0.39, 0.29) is 34.1 Å². The molecule has 3 aromatic rings. The van der Waals surface area contributed by atoms with Crippen LogP contribution in [0.5, 0.6) is 0 Å². The predicted molar refractivity (Wildman–Crippen MR) is 103 cm³/mol. The monoisotopic (exact) mass is 439 g/mol. The number of hydrogen-bond donors (Lipinski definition) is 1. The Labute approximate surface area is 172 Å². The first kappa shape index (κ1) is 19.6. The van der Waals surface area contributed by atoms with Gasteiger partial charge in [0.05, 0.1) is 18.2 Å². The molecular formula is C17H15Cl2N5O5. The van der Waals surface area contributed by atoms with Crippen LogP contribution in [0.1, 0.15) is 30.3 Å². The predicted octanol–water partition coefficient (Wildman–Crippen LogP) is 1.32. The Kier molecular flexibility index (Phi) is 5.39. The van der Waals surface area contributed by atoms with E-state index in [4.69, 9.17) is 32.4 Å². The molecule has 29 heavy (non-hydrogen) atoms. The molecule has 1 saturated heterocycles. The molecule has 10 nitrogen and oxygen atoms in total. The molecule has 0 radical (unpaired) electrons. The van der Waals surface area contributed by atoms with Crippen molar-refractivity contribution < 1.29 is 9.15 Å². The summed E-state index contributed by atoms with van der Waals surface area (Å²) >= 11 is 12.7. The summed E-state index contributed by atoms with van der Waals surface area (Å²) in [5.74, 6) is -0.364. The van der Waals surface area contributed by atoms with Gasteiger partial charge in [0, 0.05) is 23.3 Å². The fraction of sp³-hybridized carbons (Fsp3) is 0.353. The smallest absolute Gasteiger partial charge is 0.392 e. The van der Waals surface area contributed by atoms with Gasteiger partial charge < -0.3 is 9.15 Å². The van der Waals surface area contributed by atoms with Crippen LogP contribution >= 0.6 is 23.2 Å². The van der Waals surface area contributed by atoms with Gasteiger partial charge >= 0.3 is 11.4 Å². The molecule has 152 valence electrons. The lowest BCUT2D eigenvalue weighted by atomic mass is 10.1. The molecule has 0 atom stereocenters. The Morgan fingerprint density at radius 3 is 2.48 bits per heavy atom. The van der Waals surface area contributed by atoms with Gasteiger partial charge in [0.15, 0.2) is 0 Å². The van der Waals surface area contributed by atoms with Crippen molar-refractivity contribution in [1.82, 2.24) is 24.5 Å². The number of nitrogens with one attached hydrogen (secondary N) is 1. The zero-order chi connectivity index (χ0) is 20.5. The summed E-state index contributed by atoms with van der Waals surface area (Å²) in [6.45, 7) is 1.13. The summed E-state index contributed by atoms with van der Waals surface area (Å²) in [7, 11) is 0. The molecule has 0 spiro atoms.